The summed E-state index contributed by atoms with van der Waals surface area (Å²) in [4.78, 5) is 15.5. The molecule has 0 amide bonds. The molecule has 1 atom stereocenters. The Morgan fingerprint density at radius 1 is 1.50 bits per heavy atom. The van der Waals surface area contributed by atoms with Gasteiger partial charge in [-0.2, -0.15) is 0 Å². The maximum absolute atomic E-state index is 11.5. The first kappa shape index (κ1) is 13.5. The molecule has 0 fully saturated rings. The number of hydrogen-bond donors (Lipinski definition) is 0. The minimum atomic E-state index is 0. The molecule has 0 aromatic rings. The lowest BCUT2D eigenvalue weighted by atomic mass is 10.1. The van der Waals surface area contributed by atoms with Gasteiger partial charge < -0.3 is 17.0 Å². The van der Waals surface area contributed by atoms with E-state index in [1.54, 1.807) is 12.5 Å². The van der Waals surface area contributed by atoms with Crippen molar-refractivity contribution in [3.05, 3.63) is 12.4 Å². The van der Waals surface area contributed by atoms with Gasteiger partial charge in [-0.05, 0) is 5.92 Å². The van der Waals surface area contributed by atoms with Crippen LogP contribution in [0.3, 0.4) is 0 Å². The Morgan fingerprint density at radius 2 is 2.14 bits per heavy atom. The molecule has 0 saturated heterocycles. The molecule has 0 spiro atoms. The Balaban J connectivity index is 0.00000169. The number of nitrogens with zero attached hydrogens (tertiary/aromatic N) is 2. The van der Waals surface area contributed by atoms with E-state index in [-0.39, 0.29) is 17.0 Å². The molecule has 1 unspecified atom stereocenters. The average Bonchev–Trinajstić information content (AvgIpc) is 2.33. The van der Waals surface area contributed by atoms with E-state index in [1.807, 2.05) is 13.2 Å². The van der Waals surface area contributed by atoms with Crippen molar-refractivity contribution in [1.82, 2.24) is 0 Å². The predicted octanol–water partition coefficient (Wildman–Crippen LogP) is -1.43. The van der Waals surface area contributed by atoms with Gasteiger partial charge >= 0.3 is 0 Å². The molecular formula is C10H17BrN2O. The van der Waals surface area contributed by atoms with Crippen LogP contribution in [0.1, 0.15) is 20.3 Å². The first-order valence-electron chi connectivity index (χ1n) is 4.60. The number of aliphatic imine (C=N–C) groups is 1. The van der Waals surface area contributed by atoms with Crippen LogP contribution < -0.4 is 17.0 Å². The molecule has 3 nitrogen and oxygen atoms in total. The lowest BCUT2D eigenvalue weighted by Gasteiger charge is -2.20. The van der Waals surface area contributed by atoms with E-state index in [4.69, 9.17) is 0 Å². The lowest BCUT2D eigenvalue weighted by molar-refractivity contribution is -0.746. The molecule has 80 valence electrons. The summed E-state index contributed by atoms with van der Waals surface area (Å²) in [6.07, 6.45) is 6.12. The molecule has 0 N–H and O–H groups in total. The molecule has 0 radical (unpaired) electrons. The molecule has 0 aromatic carbocycles. The van der Waals surface area contributed by atoms with Gasteiger partial charge in [-0.1, -0.05) is 13.8 Å². The van der Waals surface area contributed by atoms with Crippen LogP contribution in [0.4, 0.5) is 0 Å². The summed E-state index contributed by atoms with van der Waals surface area (Å²) in [5.74, 6) is 0.748. The SMILES string of the molecule is CC(C)CC(=O)C[N+]1(C)C=CN=C1.[Br-]. The Kier molecular flexibility index (Phi) is 5.23. The van der Waals surface area contributed by atoms with Crippen LogP contribution in [0.5, 0.6) is 0 Å². The molecule has 0 saturated carbocycles. The third kappa shape index (κ3) is 4.15. The standard InChI is InChI=1S/C10H17N2O.BrH/c1-9(2)6-10(13)7-12(3)5-4-11-8-12;/h4-5,8-9H,6-7H2,1-3H3;1H/q+1;/p-1. The minimum Gasteiger partial charge on any atom is -1.00 e. The molecule has 4 heteroatoms. The van der Waals surface area contributed by atoms with E-state index in [0.29, 0.717) is 29.1 Å². The molecule has 0 aliphatic carbocycles. The number of rotatable bonds is 4. The van der Waals surface area contributed by atoms with Gasteiger partial charge in [-0.25, -0.2) is 9.48 Å². The van der Waals surface area contributed by atoms with Gasteiger partial charge in [0.25, 0.3) is 0 Å². The number of likely N-dealkylation sites (N-methyl/N-ethyl adjacent to an activating group) is 1. The van der Waals surface area contributed by atoms with E-state index in [1.165, 1.54) is 0 Å². The van der Waals surface area contributed by atoms with E-state index >= 15 is 0 Å². The van der Waals surface area contributed by atoms with Crippen LogP contribution in [-0.2, 0) is 4.79 Å². The van der Waals surface area contributed by atoms with Crippen molar-refractivity contribution < 1.29 is 26.3 Å². The van der Waals surface area contributed by atoms with Crippen molar-refractivity contribution in [3.63, 3.8) is 0 Å². The number of quaternary nitrogens is 1. The first-order chi connectivity index (χ1) is 6.02. The fourth-order valence-electron chi connectivity index (χ4n) is 1.41. The number of Topliss-reactive ketones (excluding diaryl/α,β-unsaturated/α-hetero) is 1. The third-order valence-electron chi connectivity index (χ3n) is 1.98. The Morgan fingerprint density at radius 3 is 2.57 bits per heavy atom. The van der Waals surface area contributed by atoms with Crippen LogP contribution in [0.2, 0.25) is 0 Å². The highest BCUT2D eigenvalue weighted by atomic mass is 79.9. The van der Waals surface area contributed by atoms with Gasteiger partial charge in [0.1, 0.15) is 12.7 Å². The maximum atomic E-state index is 11.5. The number of halogens is 1. The highest BCUT2D eigenvalue weighted by Gasteiger charge is 2.23. The van der Waals surface area contributed by atoms with Crippen molar-refractivity contribution in [3.8, 4) is 0 Å². The van der Waals surface area contributed by atoms with Gasteiger partial charge in [0.2, 0.25) is 0 Å². The molecule has 0 bridgehead atoms. The zero-order valence-electron chi connectivity index (χ0n) is 8.90. The summed E-state index contributed by atoms with van der Waals surface area (Å²) in [7, 11) is 1.98. The predicted molar refractivity (Wildman–Crippen MR) is 53.1 cm³/mol. The zero-order chi connectivity index (χ0) is 9.90. The Labute approximate surface area is 95.9 Å². The van der Waals surface area contributed by atoms with Gasteiger partial charge in [-0.3, -0.25) is 4.79 Å². The van der Waals surface area contributed by atoms with Gasteiger partial charge in [0, 0.05) is 6.42 Å². The van der Waals surface area contributed by atoms with Crippen molar-refractivity contribution in [2.45, 2.75) is 20.3 Å². The largest absolute Gasteiger partial charge is 1.00 e. The summed E-state index contributed by atoms with van der Waals surface area (Å²) in [5.41, 5.74) is 0. The molecule has 1 aliphatic heterocycles. The topological polar surface area (TPSA) is 29.4 Å². The van der Waals surface area contributed by atoms with E-state index < -0.39 is 0 Å². The monoisotopic (exact) mass is 260 g/mol. The smallest absolute Gasteiger partial charge is 0.194 e. The summed E-state index contributed by atoms with van der Waals surface area (Å²) < 4.78 is 0.519. The maximum Gasteiger partial charge on any atom is 0.194 e. The van der Waals surface area contributed by atoms with Gasteiger partial charge in [0.15, 0.2) is 12.1 Å². The third-order valence-corrected chi connectivity index (χ3v) is 1.98. The average molecular weight is 261 g/mol. The van der Waals surface area contributed by atoms with Crippen molar-refractivity contribution in [1.29, 1.82) is 0 Å². The van der Waals surface area contributed by atoms with E-state index in [0.717, 1.165) is 0 Å². The highest BCUT2D eigenvalue weighted by molar-refractivity contribution is 5.80. The number of ketones is 1. The summed E-state index contributed by atoms with van der Waals surface area (Å²) in [6.45, 7) is 4.65. The summed E-state index contributed by atoms with van der Waals surface area (Å²) in [6, 6.07) is 0. The first-order valence-corrected chi connectivity index (χ1v) is 4.60. The fraction of sp³-hybridized carbons (Fsp3) is 0.600. The Bertz CT molecular complexity index is 247. The second-order valence-electron chi connectivity index (χ2n) is 4.20. The zero-order valence-corrected chi connectivity index (χ0v) is 10.5. The van der Waals surface area contributed by atoms with Crippen LogP contribution in [0.25, 0.3) is 0 Å². The molecule has 0 aromatic heterocycles. The number of hydrogen-bond acceptors (Lipinski definition) is 2. The van der Waals surface area contributed by atoms with Crippen molar-refractivity contribution in [2.75, 3.05) is 13.6 Å². The molecule has 1 heterocycles. The van der Waals surface area contributed by atoms with E-state index in [9.17, 15) is 4.79 Å². The molecule has 14 heavy (non-hydrogen) atoms. The quantitative estimate of drug-likeness (QED) is 0.570. The summed E-state index contributed by atoms with van der Waals surface area (Å²) >= 11 is 0. The number of carbonyl (C=O) groups is 1. The van der Waals surface area contributed by atoms with Crippen molar-refractivity contribution in [2.24, 2.45) is 10.9 Å². The lowest BCUT2D eigenvalue weighted by Crippen LogP contribution is -3.00. The normalized spacial score (nSPS) is 24.0. The molecule has 1 aliphatic rings. The second-order valence-corrected chi connectivity index (χ2v) is 4.20. The molecular weight excluding hydrogens is 244 g/mol. The van der Waals surface area contributed by atoms with Crippen LogP contribution in [-0.4, -0.2) is 30.2 Å². The van der Waals surface area contributed by atoms with Crippen LogP contribution >= 0.6 is 0 Å². The Hall–Kier alpha value is -0.480. The van der Waals surface area contributed by atoms with Gasteiger partial charge in [0.05, 0.1) is 13.2 Å². The van der Waals surface area contributed by atoms with Crippen LogP contribution in [0, 0.1) is 5.92 Å². The van der Waals surface area contributed by atoms with Crippen molar-refractivity contribution >= 4 is 12.1 Å². The van der Waals surface area contributed by atoms with Crippen LogP contribution in [0.15, 0.2) is 17.4 Å². The minimum absolute atomic E-state index is 0. The van der Waals surface area contributed by atoms with Gasteiger partial charge in [-0.15, -0.1) is 0 Å². The fourth-order valence-corrected chi connectivity index (χ4v) is 1.41. The highest BCUT2D eigenvalue weighted by Crippen LogP contribution is 2.09. The second kappa shape index (κ2) is 5.41. The number of carbonyl (C=O) groups excluding carboxylic acids is 1. The summed E-state index contributed by atoms with van der Waals surface area (Å²) in [5, 5.41) is 0. The molecule has 1 rings (SSSR count). The van der Waals surface area contributed by atoms with E-state index in [2.05, 4.69) is 18.8 Å².